The highest BCUT2D eigenvalue weighted by atomic mass is 32.2. The van der Waals surface area contributed by atoms with Gasteiger partial charge in [-0.2, -0.15) is 5.26 Å². The van der Waals surface area contributed by atoms with Crippen LogP contribution < -0.4 is 5.73 Å². The van der Waals surface area contributed by atoms with Gasteiger partial charge in [0.2, 0.25) is 0 Å². The molecule has 5 nitrogen and oxygen atoms in total. The Morgan fingerprint density at radius 3 is 2.86 bits per heavy atom. The fourth-order valence-corrected chi connectivity index (χ4v) is 1.83. The van der Waals surface area contributed by atoms with Gasteiger partial charge in [0.25, 0.3) is 0 Å². The summed E-state index contributed by atoms with van der Waals surface area (Å²) >= 11 is 1.57. The summed E-state index contributed by atoms with van der Waals surface area (Å²) < 4.78 is 1.92. The third-order valence-corrected chi connectivity index (χ3v) is 2.93. The second-order valence-electron chi connectivity index (χ2n) is 2.96. The Labute approximate surface area is 87.3 Å². The molecule has 0 aromatic carbocycles. The second kappa shape index (κ2) is 4.98. The molecule has 0 fully saturated rings. The molecule has 0 saturated carbocycles. The predicted molar refractivity (Wildman–Crippen MR) is 54.7 cm³/mol. The van der Waals surface area contributed by atoms with Crippen LogP contribution in [0.5, 0.6) is 0 Å². The van der Waals surface area contributed by atoms with Crippen molar-refractivity contribution in [2.45, 2.75) is 24.5 Å². The monoisotopic (exact) mass is 211 g/mol. The maximum atomic E-state index is 8.47. The van der Waals surface area contributed by atoms with E-state index in [1.165, 1.54) is 0 Å². The average Bonchev–Trinajstić information content (AvgIpc) is 2.49. The molecule has 0 radical (unpaired) electrons. The Hall–Kier alpha value is -1.06. The van der Waals surface area contributed by atoms with E-state index >= 15 is 0 Å². The van der Waals surface area contributed by atoms with Crippen molar-refractivity contribution in [3.05, 3.63) is 5.82 Å². The molecule has 0 aliphatic carbocycles. The maximum absolute atomic E-state index is 8.47. The minimum Gasteiger partial charge on any atom is -0.316 e. The molecule has 1 atom stereocenters. The standard InChI is InChI=1S/C8H13N5S/c1-6-11-12-8(13(6)2)14-4-3-7(10)5-9/h7H,3-4,10H2,1-2H3. The van der Waals surface area contributed by atoms with E-state index in [4.69, 9.17) is 11.0 Å². The largest absolute Gasteiger partial charge is 0.316 e. The molecule has 0 aliphatic heterocycles. The summed E-state index contributed by atoms with van der Waals surface area (Å²) in [5, 5.41) is 17.3. The lowest BCUT2D eigenvalue weighted by molar-refractivity contribution is 0.759. The summed E-state index contributed by atoms with van der Waals surface area (Å²) in [6.45, 7) is 1.90. The molecule has 1 heterocycles. The number of aryl methyl sites for hydroxylation is 1. The van der Waals surface area contributed by atoms with Crippen LogP contribution in [0.3, 0.4) is 0 Å². The number of aromatic nitrogens is 3. The molecule has 1 aromatic rings. The Kier molecular flexibility index (Phi) is 3.92. The van der Waals surface area contributed by atoms with Gasteiger partial charge in [-0.1, -0.05) is 11.8 Å². The lowest BCUT2D eigenvalue weighted by Crippen LogP contribution is -2.17. The van der Waals surface area contributed by atoms with Crippen molar-refractivity contribution < 1.29 is 0 Å². The lowest BCUT2D eigenvalue weighted by atomic mass is 10.3. The van der Waals surface area contributed by atoms with Crippen LogP contribution in [0.4, 0.5) is 0 Å². The molecule has 0 saturated heterocycles. The zero-order valence-electron chi connectivity index (χ0n) is 8.27. The van der Waals surface area contributed by atoms with Crippen LogP contribution >= 0.6 is 11.8 Å². The Morgan fingerprint density at radius 2 is 2.36 bits per heavy atom. The summed E-state index contributed by atoms with van der Waals surface area (Å²) in [4.78, 5) is 0. The molecule has 0 aliphatic rings. The van der Waals surface area contributed by atoms with Gasteiger partial charge in [0, 0.05) is 12.8 Å². The smallest absolute Gasteiger partial charge is 0.190 e. The van der Waals surface area contributed by atoms with E-state index in [2.05, 4.69) is 10.2 Å². The first-order chi connectivity index (χ1) is 6.65. The molecule has 76 valence electrons. The van der Waals surface area contributed by atoms with Gasteiger partial charge in [-0.3, -0.25) is 0 Å². The van der Waals surface area contributed by atoms with Crippen LogP contribution in [0.1, 0.15) is 12.2 Å². The Balaban J connectivity index is 2.40. The number of rotatable bonds is 4. The summed E-state index contributed by atoms with van der Waals surface area (Å²) in [6, 6.07) is 1.61. The number of nitriles is 1. The van der Waals surface area contributed by atoms with Crippen LogP contribution in [0, 0.1) is 18.3 Å². The summed E-state index contributed by atoms with van der Waals surface area (Å²) in [7, 11) is 1.92. The van der Waals surface area contributed by atoms with Crippen molar-refractivity contribution in [3.8, 4) is 6.07 Å². The average molecular weight is 211 g/mol. The summed E-state index contributed by atoms with van der Waals surface area (Å²) in [5.41, 5.74) is 5.46. The number of nitrogens with two attached hydrogens (primary N) is 1. The third-order valence-electron chi connectivity index (χ3n) is 1.88. The molecule has 0 amide bonds. The van der Waals surface area contributed by atoms with Gasteiger partial charge in [0.05, 0.1) is 12.1 Å². The van der Waals surface area contributed by atoms with E-state index in [1.807, 2.05) is 24.6 Å². The third kappa shape index (κ3) is 2.72. The Bertz CT molecular complexity index is 340. The van der Waals surface area contributed by atoms with Gasteiger partial charge >= 0.3 is 0 Å². The second-order valence-corrected chi connectivity index (χ2v) is 4.02. The molecule has 14 heavy (non-hydrogen) atoms. The first kappa shape index (κ1) is 11.0. The molecular weight excluding hydrogens is 198 g/mol. The normalized spacial score (nSPS) is 12.4. The van der Waals surface area contributed by atoms with Crippen molar-refractivity contribution in [3.63, 3.8) is 0 Å². The summed E-state index contributed by atoms with van der Waals surface area (Å²) in [6.07, 6.45) is 0.674. The lowest BCUT2D eigenvalue weighted by Gasteiger charge is -2.02. The minimum atomic E-state index is -0.378. The van der Waals surface area contributed by atoms with Crippen molar-refractivity contribution in [2.24, 2.45) is 12.8 Å². The number of thioether (sulfide) groups is 1. The van der Waals surface area contributed by atoms with E-state index in [9.17, 15) is 0 Å². The van der Waals surface area contributed by atoms with Gasteiger partial charge < -0.3 is 10.3 Å². The SMILES string of the molecule is Cc1nnc(SCCC(N)C#N)n1C. The maximum Gasteiger partial charge on any atom is 0.190 e. The molecule has 1 rings (SSSR count). The molecule has 1 aromatic heterocycles. The number of nitrogens with zero attached hydrogens (tertiary/aromatic N) is 4. The zero-order valence-corrected chi connectivity index (χ0v) is 9.08. The molecule has 1 unspecified atom stereocenters. The molecular formula is C8H13N5S. The van der Waals surface area contributed by atoms with Crippen molar-refractivity contribution in [1.29, 1.82) is 5.26 Å². The molecule has 6 heteroatoms. The Morgan fingerprint density at radius 1 is 1.64 bits per heavy atom. The highest BCUT2D eigenvalue weighted by Crippen LogP contribution is 2.16. The van der Waals surface area contributed by atoms with E-state index in [0.717, 1.165) is 16.7 Å². The van der Waals surface area contributed by atoms with E-state index in [0.29, 0.717) is 6.42 Å². The highest BCUT2D eigenvalue weighted by molar-refractivity contribution is 7.99. The fraction of sp³-hybridized carbons (Fsp3) is 0.625. The topological polar surface area (TPSA) is 80.5 Å². The first-order valence-corrected chi connectivity index (χ1v) is 5.27. The van der Waals surface area contributed by atoms with Crippen LogP contribution in [0.15, 0.2) is 5.16 Å². The molecule has 0 spiro atoms. The fourth-order valence-electron chi connectivity index (χ4n) is 0.855. The van der Waals surface area contributed by atoms with Crippen molar-refractivity contribution >= 4 is 11.8 Å². The van der Waals surface area contributed by atoms with Crippen LogP contribution in [0.2, 0.25) is 0 Å². The van der Waals surface area contributed by atoms with Crippen LogP contribution in [0.25, 0.3) is 0 Å². The van der Waals surface area contributed by atoms with Crippen LogP contribution in [-0.4, -0.2) is 26.6 Å². The number of hydrogen-bond donors (Lipinski definition) is 1. The van der Waals surface area contributed by atoms with E-state index < -0.39 is 0 Å². The van der Waals surface area contributed by atoms with Gasteiger partial charge in [-0.15, -0.1) is 10.2 Å². The van der Waals surface area contributed by atoms with Gasteiger partial charge in [0.15, 0.2) is 5.16 Å². The van der Waals surface area contributed by atoms with Crippen LogP contribution in [-0.2, 0) is 7.05 Å². The zero-order chi connectivity index (χ0) is 10.6. The highest BCUT2D eigenvalue weighted by Gasteiger charge is 2.06. The summed E-state index contributed by atoms with van der Waals surface area (Å²) in [5.74, 6) is 1.68. The molecule has 2 N–H and O–H groups in total. The number of hydrogen-bond acceptors (Lipinski definition) is 5. The van der Waals surface area contributed by atoms with E-state index in [-0.39, 0.29) is 6.04 Å². The minimum absolute atomic E-state index is 0.378. The first-order valence-electron chi connectivity index (χ1n) is 4.29. The molecule has 0 bridgehead atoms. The predicted octanol–water partition coefficient (Wildman–Crippen LogP) is 0.457. The van der Waals surface area contributed by atoms with Gasteiger partial charge in [-0.25, -0.2) is 0 Å². The van der Waals surface area contributed by atoms with Gasteiger partial charge in [0.1, 0.15) is 5.82 Å². The quantitative estimate of drug-likeness (QED) is 0.732. The van der Waals surface area contributed by atoms with Gasteiger partial charge in [-0.05, 0) is 13.3 Å². The van der Waals surface area contributed by atoms with E-state index in [1.54, 1.807) is 11.8 Å². The van der Waals surface area contributed by atoms with Crippen molar-refractivity contribution in [1.82, 2.24) is 14.8 Å². The van der Waals surface area contributed by atoms with Crippen molar-refractivity contribution in [2.75, 3.05) is 5.75 Å².